The molecule has 1 N–H and O–H groups in total. The lowest BCUT2D eigenvalue weighted by atomic mass is 9.96. The summed E-state index contributed by atoms with van der Waals surface area (Å²) in [5, 5.41) is 2.83. The fourth-order valence-electron chi connectivity index (χ4n) is 8.07. The Balaban J connectivity index is 1.26. The lowest BCUT2D eigenvalue weighted by molar-refractivity contribution is -0.0911. The lowest BCUT2D eigenvalue weighted by Crippen LogP contribution is -2.65. The van der Waals surface area contributed by atoms with Crippen molar-refractivity contribution in [3.63, 3.8) is 0 Å². The van der Waals surface area contributed by atoms with Crippen molar-refractivity contribution in [3.8, 4) is 5.75 Å². The van der Waals surface area contributed by atoms with Crippen LogP contribution in [0.25, 0.3) is 0 Å². The van der Waals surface area contributed by atoms with Gasteiger partial charge in [-0.05, 0) is 104 Å². The number of ether oxygens (including phenoxy) is 3. The number of carbonyl (C=O) groups excluding carboxylic acids is 2. The van der Waals surface area contributed by atoms with Crippen LogP contribution in [0, 0.1) is 23.2 Å². The Morgan fingerprint density at radius 1 is 1.12 bits per heavy atom. The maximum Gasteiger partial charge on any atom is 0.318 e. The highest BCUT2D eigenvalue weighted by Gasteiger charge is 2.80. The van der Waals surface area contributed by atoms with Gasteiger partial charge in [0.15, 0.2) is 0 Å². The van der Waals surface area contributed by atoms with E-state index >= 15 is 0 Å². The van der Waals surface area contributed by atoms with E-state index in [-0.39, 0.29) is 23.5 Å². The molecule has 3 amide bonds. The van der Waals surface area contributed by atoms with Crippen molar-refractivity contribution in [1.29, 1.82) is 0 Å². The quantitative estimate of drug-likeness (QED) is 0.303. The number of benzene rings is 2. The van der Waals surface area contributed by atoms with Crippen LogP contribution in [0.3, 0.4) is 0 Å². The maximum atomic E-state index is 13.9. The maximum absolute atomic E-state index is 13.9. The SMILES string of the molecule is CO[C@H]1/C=C/C[C@H](C)C(NC(=O)N2CC(C)(OC)C2)/[SH](=O)=N\C(=O)c2ccc3c(c2)N(Cc2ccc(Cl)cc2CCCCO3)C[C@@]23CC2[C@@H]13. The molecule has 0 radical (unpaired) electrons. The monoisotopic (exact) mass is 710 g/mol. The van der Waals surface area contributed by atoms with Gasteiger partial charge < -0.3 is 29.3 Å². The fourth-order valence-corrected chi connectivity index (χ4v) is 9.47. The number of nitrogens with one attached hydrogen (secondary N) is 1. The molecular weight excluding hydrogens is 664 g/mol. The van der Waals surface area contributed by atoms with Crippen LogP contribution in [0.4, 0.5) is 10.5 Å². The van der Waals surface area contributed by atoms with E-state index < -0.39 is 27.5 Å². The van der Waals surface area contributed by atoms with Gasteiger partial charge in [-0.2, -0.15) is 4.36 Å². The summed E-state index contributed by atoms with van der Waals surface area (Å²) in [5.74, 6) is 0.801. The molecule has 49 heavy (non-hydrogen) atoms. The Kier molecular flexibility index (Phi) is 9.49. The van der Waals surface area contributed by atoms with Crippen molar-refractivity contribution in [2.24, 2.45) is 27.5 Å². The minimum atomic E-state index is -2.51. The number of hydrogen-bond donors (Lipinski definition) is 2. The van der Waals surface area contributed by atoms with Gasteiger partial charge in [-0.15, -0.1) is 0 Å². The number of anilines is 1. The van der Waals surface area contributed by atoms with Gasteiger partial charge in [0.25, 0.3) is 5.91 Å². The molecule has 3 aliphatic heterocycles. The molecule has 264 valence electrons. The van der Waals surface area contributed by atoms with E-state index in [0.29, 0.717) is 55.8 Å². The number of methoxy groups -OCH3 is 2. The fraction of sp³-hybridized carbons (Fsp3) is 0.568. The first kappa shape index (κ1) is 34.3. The average molecular weight is 711 g/mol. The number of likely N-dealkylation sites (tertiary alicyclic amines) is 1. The van der Waals surface area contributed by atoms with Gasteiger partial charge in [0.05, 0.1) is 42.1 Å². The zero-order valence-corrected chi connectivity index (χ0v) is 30.3. The largest absolute Gasteiger partial charge is 0.491 e. The number of amides is 3. The molecule has 1 saturated heterocycles. The van der Waals surface area contributed by atoms with Crippen molar-refractivity contribution in [2.75, 3.05) is 45.4 Å². The number of allylic oxidation sites excluding steroid dienone is 1. The average Bonchev–Trinajstić information content (AvgIpc) is 3.94. The predicted octanol–water partition coefficient (Wildman–Crippen LogP) is 5.87. The first-order valence-electron chi connectivity index (χ1n) is 17.4. The number of fused-ring (bicyclic) bond motifs is 3. The summed E-state index contributed by atoms with van der Waals surface area (Å²) < 4.78 is 36.0. The van der Waals surface area contributed by atoms with Crippen LogP contribution in [-0.2, 0) is 33.0 Å². The molecule has 2 bridgehead atoms. The smallest absolute Gasteiger partial charge is 0.318 e. The molecule has 3 fully saturated rings. The second kappa shape index (κ2) is 13.5. The van der Waals surface area contributed by atoms with Gasteiger partial charge in [0, 0.05) is 37.9 Å². The van der Waals surface area contributed by atoms with Crippen LogP contribution in [0.2, 0.25) is 5.02 Å². The summed E-state index contributed by atoms with van der Waals surface area (Å²) >= 11 is 6.46. The Hall–Kier alpha value is -3.12. The van der Waals surface area contributed by atoms with E-state index in [1.54, 1.807) is 25.2 Å². The molecule has 5 aliphatic rings. The zero-order chi connectivity index (χ0) is 34.5. The van der Waals surface area contributed by atoms with Gasteiger partial charge in [0.2, 0.25) is 0 Å². The number of urea groups is 1. The third-order valence-electron chi connectivity index (χ3n) is 11.4. The summed E-state index contributed by atoms with van der Waals surface area (Å²) in [6.45, 7) is 6.69. The van der Waals surface area contributed by atoms with Crippen LogP contribution >= 0.6 is 11.6 Å². The molecule has 3 heterocycles. The Morgan fingerprint density at radius 3 is 2.69 bits per heavy atom. The minimum absolute atomic E-state index is 0.0585. The number of nitrogens with zero attached hydrogens (tertiary/aromatic N) is 3. The molecule has 2 saturated carbocycles. The summed E-state index contributed by atoms with van der Waals surface area (Å²) in [6, 6.07) is 11.2. The zero-order valence-electron chi connectivity index (χ0n) is 28.7. The van der Waals surface area contributed by atoms with Gasteiger partial charge in [-0.3, -0.25) is 9.00 Å². The lowest BCUT2D eigenvalue weighted by Gasteiger charge is -2.46. The first-order chi connectivity index (χ1) is 23.5. The molecule has 2 aromatic carbocycles. The predicted molar refractivity (Wildman–Crippen MR) is 191 cm³/mol. The van der Waals surface area contributed by atoms with Gasteiger partial charge in [-0.25, -0.2) is 4.79 Å². The summed E-state index contributed by atoms with van der Waals surface area (Å²) in [4.78, 5) is 31.0. The van der Waals surface area contributed by atoms with Gasteiger partial charge >= 0.3 is 6.03 Å². The Morgan fingerprint density at radius 2 is 1.94 bits per heavy atom. The number of carbonyl (C=O) groups is 2. The van der Waals surface area contributed by atoms with Gasteiger partial charge in [0.1, 0.15) is 16.7 Å². The normalized spacial score (nSPS) is 33.1. The molecule has 0 aromatic heterocycles. The Bertz CT molecular complexity index is 1740. The second-order valence-electron chi connectivity index (χ2n) is 14.8. The highest BCUT2D eigenvalue weighted by molar-refractivity contribution is 7.76. The topological polar surface area (TPSA) is 110 Å². The van der Waals surface area contributed by atoms with Crippen LogP contribution in [0.15, 0.2) is 52.9 Å². The molecular formula is C37H47ClN4O6S. The van der Waals surface area contributed by atoms with Crippen molar-refractivity contribution in [1.82, 2.24) is 10.2 Å². The number of aryl methyl sites for hydroxylation is 1. The summed E-state index contributed by atoms with van der Waals surface area (Å²) in [7, 11) is 0.880. The Labute approximate surface area is 295 Å². The molecule has 10 nitrogen and oxygen atoms in total. The van der Waals surface area contributed by atoms with Crippen molar-refractivity contribution in [2.45, 2.75) is 69.6 Å². The number of thiol groups is 1. The van der Waals surface area contributed by atoms with E-state index in [2.05, 4.69) is 38.9 Å². The number of halogens is 1. The van der Waals surface area contributed by atoms with Crippen LogP contribution < -0.4 is 15.0 Å². The minimum Gasteiger partial charge on any atom is -0.491 e. The molecule has 1 spiro atoms. The van der Waals surface area contributed by atoms with E-state index in [9.17, 15) is 13.8 Å². The molecule has 2 aromatic rings. The summed E-state index contributed by atoms with van der Waals surface area (Å²) in [6.07, 6.45) is 8.55. The molecule has 7 atom stereocenters. The summed E-state index contributed by atoms with van der Waals surface area (Å²) in [5.41, 5.74) is 3.28. The number of rotatable bonds is 3. The number of hydrogen-bond acceptors (Lipinski definition) is 7. The molecule has 7 rings (SSSR count). The third-order valence-corrected chi connectivity index (χ3v) is 13.1. The highest BCUT2D eigenvalue weighted by Crippen LogP contribution is 2.81. The van der Waals surface area contributed by atoms with Crippen molar-refractivity contribution < 1.29 is 28.0 Å². The third kappa shape index (κ3) is 6.83. The first-order valence-corrected chi connectivity index (χ1v) is 19.0. The molecule has 3 unspecified atom stereocenters. The van der Waals surface area contributed by atoms with E-state index in [4.69, 9.17) is 25.8 Å². The van der Waals surface area contributed by atoms with Crippen LogP contribution in [0.1, 0.15) is 61.0 Å². The van der Waals surface area contributed by atoms with Crippen molar-refractivity contribution >= 4 is 39.8 Å². The van der Waals surface area contributed by atoms with E-state index in [0.717, 1.165) is 42.9 Å². The van der Waals surface area contributed by atoms with Crippen LogP contribution in [0.5, 0.6) is 5.75 Å². The van der Waals surface area contributed by atoms with E-state index in [1.165, 1.54) is 11.1 Å². The standard InChI is InChI=1S/C37H47ClN4O6S/c1-23-8-7-10-31(46-3)32-28-18-37(28,32)22-41-19-26-11-13-27(38)16-24(26)9-5-6-15-48-30-14-12-25(17-29(30)41)33(43)40-49(45)34(23)39-35(44)42-20-36(2,21-42)47-4/h7,10-14,16-17,23,28,31-32,34,49H,5-6,8-9,15,18-22H2,1-4H3,(H,39,44)/b10-7+/t23-,28?,31-,32-,34?,37-/m0/s1. The van der Waals surface area contributed by atoms with E-state index in [1.807, 2.05) is 32.0 Å². The second-order valence-corrected chi connectivity index (χ2v) is 16.6. The van der Waals surface area contributed by atoms with Crippen LogP contribution in [-0.4, -0.2) is 78.6 Å². The highest BCUT2D eigenvalue weighted by atomic mass is 35.5. The van der Waals surface area contributed by atoms with Gasteiger partial charge in [-0.1, -0.05) is 36.7 Å². The molecule has 2 aliphatic carbocycles. The van der Waals surface area contributed by atoms with Crippen molar-refractivity contribution in [3.05, 3.63) is 70.3 Å². The molecule has 12 heteroatoms.